The fraction of sp³-hybridized carbons (Fsp3) is 0.500. The number of halogens is 1. The van der Waals surface area contributed by atoms with Crippen LogP contribution in [0.4, 0.5) is 10.2 Å². The molecule has 13 nitrogen and oxygen atoms in total. The summed E-state index contributed by atoms with van der Waals surface area (Å²) < 4.78 is 51.4. The number of aliphatic hydroxyl groups is 2. The average Bonchev–Trinajstić information content (AvgIpc) is 3.41. The summed E-state index contributed by atoms with van der Waals surface area (Å²) in [4.78, 5) is 16.4. The van der Waals surface area contributed by atoms with Crippen molar-refractivity contribution in [2.75, 3.05) is 32.7 Å². The van der Waals surface area contributed by atoms with E-state index in [9.17, 15) is 24.0 Å². The van der Waals surface area contributed by atoms with Crippen molar-refractivity contribution in [2.24, 2.45) is 0 Å². The normalized spacial score (nSPS) is 16.8. The first-order valence-electron chi connectivity index (χ1n) is 13.1. The Morgan fingerprint density at radius 1 is 1.22 bits per heavy atom. The van der Waals surface area contributed by atoms with E-state index in [-0.39, 0.29) is 23.9 Å². The van der Waals surface area contributed by atoms with Gasteiger partial charge in [0.05, 0.1) is 18.9 Å². The second-order valence-electron chi connectivity index (χ2n) is 9.39. The molecule has 0 aliphatic heterocycles. The second-order valence-corrected chi connectivity index (χ2v) is 11.1. The van der Waals surface area contributed by atoms with Gasteiger partial charge in [-0.05, 0) is 37.6 Å². The number of nitrogens with one attached hydrogen (secondary N) is 1. The van der Waals surface area contributed by atoms with Crippen LogP contribution >= 0.6 is 7.75 Å². The molecule has 5 atom stereocenters. The number of alkyl halides is 1. The van der Waals surface area contributed by atoms with Crippen LogP contribution in [0.25, 0.3) is 5.52 Å². The van der Waals surface area contributed by atoms with Gasteiger partial charge in [-0.2, -0.15) is 10.2 Å². The van der Waals surface area contributed by atoms with Crippen molar-refractivity contribution in [1.29, 1.82) is 0 Å². The molecule has 0 bridgehead atoms. The van der Waals surface area contributed by atoms with Gasteiger partial charge in [0.2, 0.25) is 0 Å². The first kappa shape index (κ1) is 32.4. The maximum atomic E-state index is 14.6. The highest BCUT2D eigenvalue weighted by Gasteiger charge is 2.47. The van der Waals surface area contributed by atoms with Gasteiger partial charge in [-0.15, -0.1) is 0 Å². The number of aliphatic hydroxyl groups excluding tert-OH is 2. The van der Waals surface area contributed by atoms with Crippen LogP contribution in [0.5, 0.6) is 5.75 Å². The molecule has 0 amide bonds. The molecule has 0 saturated carbocycles. The van der Waals surface area contributed by atoms with Gasteiger partial charge >= 0.3 is 13.7 Å². The number of hydrogen-bond donors (Lipinski definition) is 4. The minimum atomic E-state index is -4.43. The summed E-state index contributed by atoms with van der Waals surface area (Å²) in [5.74, 6) is -0.433. The predicted octanol–water partition coefficient (Wildman–Crippen LogP) is 2.98. The Morgan fingerprint density at radius 3 is 2.61 bits per heavy atom. The van der Waals surface area contributed by atoms with E-state index in [0.717, 1.165) is 26.3 Å². The van der Waals surface area contributed by atoms with Crippen LogP contribution in [0, 0.1) is 0 Å². The van der Waals surface area contributed by atoms with Gasteiger partial charge < -0.3 is 29.9 Å². The number of para-hydroxylation sites is 1. The van der Waals surface area contributed by atoms with Gasteiger partial charge in [-0.1, -0.05) is 38.0 Å². The summed E-state index contributed by atoms with van der Waals surface area (Å²) in [5, 5.41) is 28.7. The molecule has 0 spiro atoms. The molecule has 0 saturated heterocycles. The molecular formula is C26H37FN5O8P. The van der Waals surface area contributed by atoms with E-state index in [0.29, 0.717) is 11.9 Å². The van der Waals surface area contributed by atoms with Crippen molar-refractivity contribution < 1.29 is 42.5 Å². The highest BCUT2D eigenvalue weighted by Crippen LogP contribution is 2.46. The van der Waals surface area contributed by atoms with Crippen molar-refractivity contribution in [3.05, 3.63) is 54.5 Å². The van der Waals surface area contributed by atoms with Crippen LogP contribution in [0.3, 0.4) is 0 Å². The smallest absolute Gasteiger partial charge is 0.459 e. The topological polar surface area (TPSA) is 180 Å². The zero-order chi connectivity index (χ0) is 30.0. The van der Waals surface area contributed by atoms with Crippen LogP contribution in [0.2, 0.25) is 0 Å². The molecule has 0 aliphatic rings. The average molecular weight is 598 g/mol. The van der Waals surface area contributed by atoms with Crippen molar-refractivity contribution in [3.8, 4) is 5.75 Å². The number of unbranched alkanes of at least 4 members (excludes halogenated alkanes) is 2. The number of anilines is 1. The number of aromatic nitrogens is 3. The molecule has 226 valence electrons. The maximum Gasteiger partial charge on any atom is 0.459 e. The Bertz CT molecular complexity index is 1310. The van der Waals surface area contributed by atoms with Crippen LogP contribution in [0.1, 0.15) is 44.9 Å². The van der Waals surface area contributed by atoms with E-state index >= 15 is 0 Å². The van der Waals surface area contributed by atoms with Crippen molar-refractivity contribution in [2.45, 2.75) is 57.0 Å². The van der Waals surface area contributed by atoms with Gasteiger partial charge in [-0.3, -0.25) is 9.32 Å². The standard InChI is InChI=1S/C26H37FN5O8P/c1-4-5-9-14-38-25(35)18(2)31-41(36,40-19-10-7-6-8-11-19)39-16-26(15-27,37-3)23(34)22(33)20-12-13-21-24(28)29-17-30-32(20)21/h6-8,10-13,17-18,22-23,33-34H,4-5,9,14-16H2,1-3H3,(H,31,36)(H2,28,29,30)/t18-,22-,23-,26+,41?/m0/s1. The lowest BCUT2D eigenvalue weighted by Crippen LogP contribution is -2.53. The summed E-state index contributed by atoms with van der Waals surface area (Å²) >= 11 is 0. The minimum Gasteiger partial charge on any atom is -0.465 e. The van der Waals surface area contributed by atoms with E-state index < -0.39 is 50.8 Å². The highest BCUT2D eigenvalue weighted by molar-refractivity contribution is 7.52. The lowest BCUT2D eigenvalue weighted by Gasteiger charge is -2.37. The Kier molecular flexibility index (Phi) is 11.6. The summed E-state index contributed by atoms with van der Waals surface area (Å²) in [6.45, 7) is 1.40. The number of fused-ring (bicyclic) bond motifs is 1. The minimum absolute atomic E-state index is 0.0674. The van der Waals surface area contributed by atoms with E-state index in [2.05, 4.69) is 15.2 Å². The number of nitrogen functional groups attached to an aromatic ring is 1. The third kappa shape index (κ3) is 8.00. The Morgan fingerprint density at radius 2 is 1.95 bits per heavy atom. The SMILES string of the molecule is CCCCCOC(=O)[C@H](C)NP(=O)(OC[C@@](CF)(OC)[C@@H](O)[C@@H](O)c1ccc2c(N)ncnn12)Oc1ccccc1. The Hall–Kier alpha value is -3.13. The molecule has 2 heterocycles. The molecule has 41 heavy (non-hydrogen) atoms. The number of nitrogens with zero attached hydrogens (tertiary/aromatic N) is 3. The zero-order valence-corrected chi connectivity index (χ0v) is 24.1. The van der Waals surface area contributed by atoms with Gasteiger partial charge in [-0.25, -0.2) is 18.5 Å². The molecular weight excluding hydrogens is 560 g/mol. The van der Waals surface area contributed by atoms with E-state index in [1.54, 1.807) is 18.2 Å². The Labute approximate surface area is 237 Å². The molecule has 0 fully saturated rings. The summed E-state index contributed by atoms with van der Waals surface area (Å²) in [7, 11) is -3.33. The number of benzene rings is 1. The lowest BCUT2D eigenvalue weighted by molar-refractivity contribution is -0.170. The van der Waals surface area contributed by atoms with Gasteiger partial charge in [0.15, 0.2) is 5.82 Å². The van der Waals surface area contributed by atoms with E-state index in [4.69, 9.17) is 24.3 Å². The highest BCUT2D eigenvalue weighted by atomic mass is 31.2. The monoisotopic (exact) mass is 597 g/mol. The molecule has 5 N–H and O–H groups in total. The van der Waals surface area contributed by atoms with E-state index in [1.807, 2.05) is 6.92 Å². The maximum absolute atomic E-state index is 14.6. The Balaban J connectivity index is 1.82. The fourth-order valence-corrected chi connectivity index (χ4v) is 5.48. The quantitative estimate of drug-likeness (QED) is 0.102. The van der Waals surface area contributed by atoms with Crippen molar-refractivity contribution in [1.82, 2.24) is 19.7 Å². The summed E-state index contributed by atoms with van der Waals surface area (Å²) in [6.07, 6.45) is -0.0387. The third-order valence-electron chi connectivity index (χ3n) is 6.43. The number of ether oxygens (including phenoxy) is 2. The number of nitrogens with two attached hydrogens (primary N) is 1. The molecule has 1 unspecified atom stereocenters. The van der Waals surface area contributed by atoms with Crippen LogP contribution in [-0.4, -0.2) is 75.5 Å². The predicted molar refractivity (Wildman–Crippen MR) is 148 cm³/mol. The molecule has 0 radical (unpaired) electrons. The number of hydrogen-bond acceptors (Lipinski definition) is 11. The fourth-order valence-electron chi connectivity index (χ4n) is 3.93. The van der Waals surface area contributed by atoms with Crippen molar-refractivity contribution >= 4 is 25.1 Å². The number of esters is 1. The molecule has 15 heteroatoms. The summed E-state index contributed by atoms with van der Waals surface area (Å²) in [5.41, 5.74) is 4.04. The number of methoxy groups -OCH3 is 1. The van der Waals surface area contributed by atoms with Gasteiger partial charge in [0.25, 0.3) is 0 Å². The molecule has 0 aliphatic carbocycles. The molecule has 1 aromatic carbocycles. The zero-order valence-electron chi connectivity index (χ0n) is 23.2. The van der Waals surface area contributed by atoms with Crippen molar-refractivity contribution in [3.63, 3.8) is 0 Å². The third-order valence-corrected chi connectivity index (χ3v) is 8.05. The molecule has 3 rings (SSSR count). The van der Waals surface area contributed by atoms with Gasteiger partial charge in [0, 0.05) is 7.11 Å². The molecule has 3 aromatic rings. The lowest BCUT2D eigenvalue weighted by atomic mass is 9.93. The first-order chi connectivity index (χ1) is 19.6. The molecule has 2 aromatic heterocycles. The number of rotatable bonds is 17. The van der Waals surface area contributed by atoms with E-state index in [1.165, 1.54) is 35.7 Å². The van der Waals surface area contributed by atoms with Gasteiger partial charge in [0.1, 0.15) is 48.1 Å². The summed E-state index contributed by atoms with van der Waals surface area (Å²) in [6, 6.07) is 9.81. The second kappa shape index (κ2) is 14.7. The largest absolute Gasteiger partial charge is 0.465 e. The van der Waals surface area contributed by atoms with Crippen LogP contribution in [0.15, 0.2) is 48.8 Å². The van der Waals surface area contributed by atoms with Crippen LogP contribution < -0.4 is 15.3 Å². The number of carbonyl (C=O) groups is 1. The first-order valence-corrected chi connectivity index (χ1v) is 14.6. The van der Waals surface area contributed by atoms with Crippen LogP contribution in [-0.2, 0) is 23.4 Å². The number of carbonyl (C=O) groups excluding carboxylic acids is 1.